The number of nitrogens with one attached hydrogen (secondary N) is 1. The van der Waals surface area contributed by atoms with Crippen molar-refractivity contribution < 1.29 is 23.5 Å². The minimum atomic E-state index is -1.80. The Morgan fingerprint density at radius 2 is 1.82 bits per heavy atom. The van der Waals surface area contributed by atoms with Gasteiger partial charge in [-0.15, -0.1) is 0 Å². The van der Waals surface area contributed by atoms with E-state index in [-0.39, 0.29) is 13.0 Å². The van der Waals surface area contributed by atoms with Crippen molar-refractivity contribution in [3.63, 3.8) is 0 Å². The summed E-state index contributed by atoms with van der Waals surface area (Å²) in [5.41, 5.74) is -3.35. The fraction of sp³-hybridized carbons (Fsp3) is 0.467. The first-order valence-electron chi connectivity index (χ1n) is 6.87. The quantitative estimate of drug-likeness (QED) is 0.834. The van der Waals surface area contributed by atoms with Crippen molar-refractivity contribution in [1.29, 1.82) is 0 Å². The van der Waals surface area contributed by atoms with E-state index in [1.54, 1.807) is 13.8 Å². The van der Waals surface area contributed by atoms with Gasteiger partial charge in [0.05, 0.1) is 11.2 Å². The summed E-state index contributed by atoms with van der Waals surface area (Å²) < 4.78 is 27.9. The van der Waals surface area contributed by atoms with Gasteiger partial charge >= 0.3 is 6.03 Å². The zero-order valence-corrected chi connectivity index (χ0v) is 12.6. The van der Waals surface area contributed by atoms with Crippen LogP contribution < -0.4 is 5.32 Å². The number of carbonyl (C=O) groups is 2. The van der Waals surface area contributed by atoms with Crippen LogP contribution in [0.4, 0.5) is 13.6 Å². The molecule has 0 saturated carbocycles. The minimum absolute atomic E-state index is 0.0418. The van der Waals surface area contributed by atoms with Crippen LogP contribution in [0.2, 0.25) is 0 Å². The van der Waals surface area contributed by atoms with Crippen LogP contribution >= 0.6 is 0 Å². The first kappa shape index (κ1) is 16.4. The maximum atomic E-state index is 13.9. The number of benzene rings is 1. The largest absolute Gasteiger partial charge is 0.390 e. The van der Waals surface area contributed by atoms with Crippen LogP contribution in [-0.2, 0) is 10.3 Å². The van der Waals surface area contributed by atoms with Crippen LogP contribution in [0.25, 0.3) is 0 Å². The van der Waals surface area contributed by atoms with Crippen LogP contribution in [0.1, 0.15) is 32.8 Å². The van der Waals surface area contributed by atoms with E-state index in [0.717, 1.165) is 17.0 Å². The van der Waals surface area contributed by atoms with E-state index in [4.69, 9.17) is 0 Å². The van der Waals surface area contributed by atoms with E-state index < -0.39 is 40.3 Å². The molecule has 1 aliphatic heterocycles. The lowest BCUT2D eigenvalue weighted by Crippen LogP contribution is -2.43. The van der Waals surface area contributed by atoms with Gasteiger partial charge in [0.2, 0.25) is 0 Å². The molecular weight excluding hydrogens is 294 g/mol. The SMILES string of the molecule is CC(C)(O)CCN1C(=O)NC(C)(c2c(F)cccc2F)C1=O. The second kappa shape index (κ2) is 5.31. The molecule has 2 rings (SSSR count). The smallest absolute Gasteiger partial charge is 0.325 e. The highest BCUT2D eigenvalue weighted by molar-refractivity contribution is 6.07. The van der Waals surface area contributed by atoms with Crippen LogP contribution in [0, 0.1) is 11.6 Å². The van der Waals surface area contributed by atoms with Gasteiger partial charge in [-0.05, 0) is 39.3 Å². The number of amides is 3. The molecular formula is C15H18F2N2O3. The summed E-state index contributed by atoms with van der Waals surface area (Å²) in [5.74, 6) is -2.55. The Morgan fingerprint density at radius 3 is 2.32 bits per heavy atom. The molecule has 1 aromatic carbocycles. The normalized spacial score (nSPS) is 22.2. The molecule has 22 heavy (non-hydrogen) atoms. The Hall–Kier alpha value is -2.02. The summed E-state index contributed by atoms with van der Waals surface area (Å²) in [5, 5.41) is 12.0. The van der Waals surface area contributed by atoms with E-state index >= 15 is 0 Å². The van der Waals surface area contributed by atoms with Crippen molar-refractivity contribution in [3.8, 4) is 0 Å². The molecule has 1 atom stereocenters. The molecule has 1 aromatic rings. The van der Waals surface area contributed by atoms with Crippen molar-refractivity contribution in [1.82, 2.24) is 10.2 Å². The number of urea groups is 1. The maximum absolute atomic E-state index is 13.9. The molecule has 0 spiro atoms. The summed E-state index contributed by atoms with van der Waals surface area (Å²) >= 11 is 0. The zero-order valence-electron chi connectivity index (χ0n) is 12.6. The number of carbonyl (C=O) groups excluding carboxylic acids is 2. The number of aliphatic hydroxyl groups is 1. The highest BCUT2D eigenvalue weighted by Crippen LogP contribution is 2.32. The van der Waals surface area contributed by atoms with Gasteiger partial charge in [-0.3, -0.25) is 9.69 Å². The molecule has 1 saturated heterocycles. The lowest BCUT2D eigenvalue weighted by Gasteiger charge is -2.24. The standard InChI is InChI=1S/C15H18F2N2O3/c1-14(2,22)7-8-19-12(20)15(3,18-13(19)21)11-9(16)5-4-6-10(11)17/h4-6,22H,7-8H2,1-3H3,(H,18,21). The van der Waals surface area contributed by atoms with Gasteiger partial charge in [0.15, 0.2) is 0 Å². The van der Waals surface area contributed by atoms with Crippen LogP contribution in [0.5, 0.6) is 0 Å². The van der Waals surface area contributed by atoms with Crippen LogP contribution in [0.15, 0.2) is 18.2 Å². The molecule has 7 heteroatoms. The Morgan fingerprint density at radius 1 is 1.27 bits per heavy atom. The van der Waals surface area contributed by atoms with Gasteiger partial charge in [0.1, 0.15) is 17.2 Å². The van der Waals surface area contributed by atoms with Crippen LogP contribution in [0.3, 0.4) is 0 Å². The molecule has 1 heterocycles. The fourth-order valence-electron chi connectivity index (χ4n) is 2.43. The maximum Gasteiger partial charge on any atom is 0.325 e. The summed E-state index contributed by atoms with van der Waals surface area (Å²) in [6.07, 6.45) is 0.155. The molecule has 1 aliphatic rings. The van der Waals surface area contributed by atoms with Crippen molar-refractivity contribution in [2.45, 2.75) is 38.3 Å². The molecule has 0 aromatic heterocycles. The second-order valence-electron chi connectivity index (χ2n) is 6.17. The van der Waals surface area contributed by atoms with E-state index in [2.05, 4.69) is 5.32 Å². The van der Waals surface area contributed by atoms with Gasteiger partial charge in [0, 0.05) is 6.54 Å². The summed E-state index contributed by atoms with van der Waals surface area (Å²) in [7, 11) is 0. The van der Waals surface area contributed by atoms with Crippen molar-refractivity contribution in [3.05, 3.63) is 35.4 Å². The molecule has 5 nitrogen and oxygen atoms in total. The van der Waals surface area contributed by atoms with Gasteiger partial charge in [-0.2, -0.15) is 0 Å². The molecule has 0 aliphatic carbocycles. The Kier molecular flexibility index (Phi) is 3.95. The van der Waals surface area contributed by atoms with Crippen molar-refractivity contribution >= 4 is 11.9 Å². The molecule has 120 valence electrons. The molecule has 3 amide bonds. The van der Waals surface area contributed by atoms with Crippen LogP contribution in [-0.4, -0.2) is 34.1 Å². The van der Waals surface area contributed by atoms with E-state index in [0.29, 0.717) is 0 Å². The van der Waals surface area contributed by atoms with Gasteiger partial charge < -0.3 is 10.4 Å². The van der Waals surface area contributed by atoms with Crippen molar-refractivity contribution in [2.24, 2.45) is 0 Å². The van der Waals surface area contributed by atoms with Gasteiger partial charge in [-0.1, -0.05) is 6.07 Å². The topological polar surface area (TPSA) is 69.6 Å². The third-order valence-corrected chi connectivity index (χ3v) is 3.68. The Balaban J connectivity index is 2.34. The van der Waals surface area contributed by atoms with E-state index in [1.165, 1.54) is 13.0 Å². The zero-order chi connectivity index (χ0) is 16.7. The Labute approximate surface area is 126 Å². The molecule has 0 radical (unpaired) electrons. The minimum Gasteiger partial charge on any atom is -0.390 e. The summed E-state index contributed by atoms with van der Waals surface area (Å²) in [6.45, 7) is 4.31. The number of hydrogen-bond donors (Lipinski definition) is 2. The summed E-state index contributed by atoms with van der Waals surface area (Å²) in [4.78, 5) is 25.3. The van der Waals surface area contributed by atoms with E-state index in [9.17, 15) is 23.5 Å². The average molecular weight is 312 g/mol. The number of imide groups is 1. The van der Waals surface area contributed by atoms with Crippen molar-refractivity contribution in [2.75, 3.05) is 6.54 Å². The molecule has 1 fully saturated rings. The first-order chi connectivity index (χ1) is 10.1. The molecule has 1 unspecified atom stereocenters. The monoisotopic (exact) mass is 312 g/mol. The van der Waals surface area contributed by atoms with Gasteiger partial charge in [-0.25, -0.2) is 13.6 Å². The third kappa shape index (κ3) is 2.81. The van der Waals surface area contributed by atoms with Gasteiger partial charge in [0.25, 0.3) is 5.91 Å². The first-order valence-corrected chi connectivity index (χ1v) is 6.87. The fourth-order valence-corrected chi connectivity index (χ4v) is 2.43. The molecule has 0 bridgehead atoms. The second-order valence-corrected chi connectivity index (χ2v) is 6.17. The third-order valence-electron chi connectivity index (χ3n) is 3.68. The predicted molar refractivity (Wildman–Crippen MR) is 74.9 cm³/mol. The highest BCUT2D eigenvalue weighted by Gasteiger charge is 2.51. The average Bonchev–Trinajstić information content (AvgIpc) is 2.57. The lowest BCUT2D eigenvalue weighted by molar-refractivity contribution is -0.131. The summed E-state index contributed by atoms with van der Waals surface area (Å²) in [6, 6.07) is 2.51. The molecule has 2 N–H and O–H groups in total. The number of rotatable bonds is 4. The highest BCUT2D eigenvalue weighted by atomic mass is 19.1. The number of hydrogen-bond acceptors (Lipinski definition) is 3. The predicted octanol–water partition coefficient (Wildman–Crippen LogP) is 1.89. The Bertz CT molecular complexity index is 607. The van der Waals surface area contributed by atoms with E-state index in [1.807, 2.05) is 0 Å². The number of halogens is 2. The number of nitrogens with zero attached hydrogens (tertiary/aromatic N) is 1. The lowest BCUT2D eigenvalue weighted by atomic mass is 9.91.